The van der Waals surface area contributed by atoms with Crippen molar-refractivity contribution >= 4 is 0 Å². The molecular weight excluding hydrogens is 352 g/mol. The van der Waals surface area contributed by atoms with E-state index in [0.29, 0.717) is 12.8 Å². The topological polar surface area (TPSA) is 46.1 Å². The molecule has 0 amide bonds. The van der Waals surface area contributed by atoms with Crippen molar-refractivity contribution in [1.29, 1.82) is 0 Å². The van der Waals surface area contributed by atoms with Gasteiger partial charge in [-0.3, -0.25) is 0 Å². The van der Waals surface area contributed by atoms with Crippen molar-refractivity contribution in [3.8, 4) is 0 Å². The summed E-state index contributed by atoms with van der Waals surface area (Å²) in [6, 6.07) is 9.80. The Bertz CT molecular complexity index is 692. The zero-order valence-electron chi connectivity index (χ0n) is 14.3. The second kappa shape index (κ2) is 11.4. The Kier molecular flexibility index (Phi) is 9.46. The molecule has 2 aliphatic carbocycles. The van der Waals surface area contributed by atoms with E-state index in [0.717, 1.165) is 23.1 Å². The maximum absolute atomic E-state index is 11.7. The van der Waals surface area contributed by atoms with Gasteiger partial charge < -0.3 is 10.2 Å². The molecule has 0 fully saturated rings. The van der Waals surface area contributed by atoms with Crippen LogP contribution < -0.4 is 10.2 Å². The standard InChI is InChI=1S/C13H12O.C9H12O.Fe/c14-13(12-8-4-5-9-12)10-11-6-2-1-3-7-11;1-2-5-9(10)8-6-3-4-7-8;/h1-9,14H,10H2;3-4,6-7,10H,2,5H2,1H3;/q;;+2/p-2. The van der Waals surface area contributed by atoms with Crippen LogP contribution in [0.25, 0.3) is 0 Å². The molecule has 0 atom stereocenters. The molecule has 0 radical (unpaired) electrons. The summed E-state index contributed by atoms with van der Waals surface area (Å²) in [5, 5.41) is 22.8. The Hall–Kier alpha value is -2.22. The Morgan fingerprint density at radius 2 is 1.24 bits per heavy atom. The third kappa shape index (κ3) is 7.04. The van der Waals surface area contributed by atoms with Crippen molar-refractivity contribution in [3.63, 3.8) is 0 Å². The van der Waals surface area contributed by atoms with E-state index in [2.05, 4.69) is 0 Å². The summed E-state index contributed by atoms with van der Waals surface area (Å²) < 4.78 is 0. The number of hydrogen-bond donors (Lipinski definition) is 0. The number of hydrogen-bond acceptors (Lipinski definition) is 2. The van der Waals surface area contributed by atoms with Crippen molar-refractivity contribution in [2.75, 3.05) is 0 Å². The van der Waals surface area contributed by atoms with Crippen LogP contribution in [0.1, 0.15) is 25.3 Å². The molecule has 130 valence electrons. The van der Waals surface area contributed by atoms with E-state index >= 15 is 0 Å². The molecule has 0 aliphatic heterocycles. The minimum atomic E-state index is 0. The average molecular weight is 374 g/mol. The Morgan fingerprint density at radius 1 is 0.760 bits per heavy atom. The van der Waals surface area contributed by atoms with E-state index in [1.807, 2.05) is 85.9 Å². The summed E-state index contributed by atoms with van der Waals surface area (Å²) in [5.41, 5.74) is 2.72. The molecule has 2 aliphatic rings. The van der Waals surface area contributed by atoms with Crippen molar-refractivity contribution in [3.05, 3.63) is 107 Å². The first-order chi connectivity index (χ1) is 11.7. The van der Waals surface area contributed by atoms with Crippen molar-refractivity contribution in [2.45, 2.75) is 26.2 Å². The van der Waals surface area contributed by atoms with Crippen LogP contribution in [0.4, 0.5) is 0 Å². The fourth-order valence-electron chi connectivity index (χ4n) is 2.37. The van der Waals surface area contributed by atoms with Crippen LogP contribution in [0.3, 0.4) is 0 Å². The van der Waals surface area contributed by atoms with Gasteiger partial charge in [-0.15, -0.1) is 11.5 Å². The molecule has 0 aromatic heterocycles. The van der Waals surface area contributed by atoms with Gasteiger partial charge in [-0.2, -0.15) is 0 Å². The first-order valence-electron chi connectivity index (χ1n) is 8.24. The number of allylic oxidation sites excluding steroid dienone is 12. The van der Waals surface area contributed by atoms with Gasteiger partial charge in [0.15, 0.2) is 0 Å². The summed E-state index contributed by atoms with van der Waals surface area (Å²) in [4.78, 5) is 0. The Balaban J connectivity index is 0.000000254. The zero-order chi connectivity index (χ0) is 17.2. The van der Waals surface area contributed by atoms with Crippen LogP contribution >= 0.6 is 0 Å². The monoisotopic (exact) mass is 374 g/mol. The van der Waals surface area contributed by atoms with Crippen LogP contribution in [-0.2, 0) is 23.5 Å². The summed E-state index contributed by atoms with van der Waals surface area (Å²) >= 11 is 0. The first kappa shape index (κ1) is 20.8. The Morgan fingerprint density at radius 3 is 1.72 bits per heavy atom. The minimum absolute atomic E-state index is 0. The maximum atomic E-state index is 11.7. The molecule has 1 aromatic rings. The third-order valence-corrected chi connectivity index (χ3v) is 3.65. The SMILES string of the molecule is CCCC([O-])=C1C=CC=C1.[Fe+2].[O-]C(Cc1ccccc1)=C1C=CC=C1. The van der Waals surface area contributed by atoms with Gasteiger partial charge in [0.25, 0.3) is 0 Å². The molecule has 0 saturated heterocycles. The van der Waals surface area contributed by atoms with Crippen LogP contribution in [0, 0.1) is 0 Å². The molecule has 0 bridgehead atoms. The quantitative estimate of drug-likeness (QED) is 0.598. The fraction of sp³-hybridized carbons (Fsp3) is 0.182. The summed E-state index contributed by atoms with van der Waals surface area (Å²) in [7, 11) is 0. The summed E-state index contributed by atoms with van der Waals surface area (Å²) in [6.45, 7) is 2.01. The normalized spacial score (nSPS) is 13.5. The molecule has 2 nitrogen and oxygen atoms in total. The number of benzene rings is 1. The van der Waals surface area contributed by atoms with Gasteiger partial charge in [-0.1, -0.05) is 92.3 Å². The van der Waals surface area contributed by atoms with Gasteiger partial charge in [0.2, 0.25) is 0 Å². The van der Waals surface area contributed by atoms with E-state index in [9.17, 15) is 10.2 Å². The molecule has 3 rings (SSSR count). The van der Waals surface area contributed by atoms with Gasteiger partial charge in [0, 0.05) is 0 Å². The van der Waals surface area contributed by atoms with Crippen molar-refractivity contribution in [2.24, 2.45) is 0 Å². The van der Waals surface area contributed by atoms with Gasteiger partial charge in [-0.05, 0) is 29.6 Å². The van der Waals surface area contributed by atoms with E-state index < -0.39 is 0 Å². The molecule has 0 saturated carbocycles. The largest absolute Gasteiger partial charge is 2.00 e. The molecule has 0 N–H and O–H groups in total. The minimum Gasteiger partial charge on any atom is -0.875 e. The second-order valence-corrected chi connectivity index (χ2v) is 5.61. The zero-order valence-corrected chi connectivity index (χ0v) is 15.4. The van der Waals surface area contributed by atoms with Gasteiger partial charge in [0.05, 0.1) is 0 Å². The first-order valence-corrected chi connectivity index (χ1v) is 8.24. The molecule has 25 heavy (non-hydrogen) atoms. The summed E-state index contributed by atoms with van der Waals surface area (Å²) in [6.07, 6.45) is 17.1. The molecule has 0 unspecified atom stereocenters. The van der Waals surface area contributed by atoms with Crippen LogP contribution in [-0.4, -0.2) is 0 Å². The van der Waals surface area contributed by atoms with Crippen LogP contribution in [0.15, 0.2) is 102 Å². The molecule has 0 spiro atoms. The molecule has 3 heteroatoms. The Labute approximate surface area is 160 Å². The van der Waals surface area contributed by atoms with Gasteiger partial charge in [-0.25, -0.2) is 0 Å². The summed E-state index contributed by atoms with van der Waals surface area (Å²) in [5.74, 6) is 0.439. The van der Waals surface area contributed by atoms with E-state index in [1.165, 1.54) is 0 Å². The smallest absolute Gasteiger partial charge is 0.875 e. The van der Waals surface area contributed by atoms with E-state index in [4.69, 9.17) is 0 Å². The number of rotatable bonds is 4. The second-order valence-electron chi connectivity index (χ2n) is 5.61. The molecule has 1 aromatic carbocycles. The predicted octanol–water partition coefficient (Wildman–Crippen LogP) is 3.49. The van der Waals surface area contributed by atoms with Gasteiger partial charge >= 0.3 is 17.1 Å². The van der Waals surface area contributed by atoms with E-state index in [1.54, 1.807) is 0 Å². The van der Waals surface area contributed by atoms with Crippen LogP contribution in [0.5, 0.6) is 0 Å². The van der Waals surface area contributed by atoms with Crippen molar-refractivity contribution in [1.82, 2.24) is 0 Å². The average Bonchev–Trinajstić information content (AvgIpc) is 3.30. The molecule has 0 heterocycles. The fourth-order valence-corrected chi connectivity index (χ4v) is 2.37. The van der Waals surface area contributed by atoms with Gasteiger partial charge in [0.1, 0.15) is 0 Å². The predicted molar refractivity (Wildman–Crippen MR) is 95.7 cm³/mol. The van der Waals surface area contributed by atoms with Crippen molar-refractivity contribution < 1.29 is 27.3 Å². The van der Waals surface area contributed by atoms with E-state index in [-0.39, 0.29) is 28.6 Å². The van der Waals surface area contributed by atoms with Crippen LogP contribution in [0.2, 0.25) is 0 Å². The molecular formula is C22H22FeO2. The maximum Gasteiger partial charge on any atom is 2.00 e. The third-order valence-electron chi connectivity index (χ3n) is 3.65.